The Balaban J connectivity index is 0.000000399. The van der Waals surface area contributed by atoms with E-state index in [0.717, 1.165) is 5.01 Å². The predicted molar refractivity (Wildman–Crippen MR) is 70.9 cm³/mol. The summed E-state index contributed by atoms with van der Waals surface area (Å²) >= 11 is 1.47. The first-order valence-corrected chi connectivity index (χ1v) is 6.26. The van der Waals surface area contributed by atoms with Crippen LogP contribution < -0.4 is 0 Å². The number of carbonyl (C=O) groups is 2. The molecule has 0 saturated carbocycles. The molecule has 0 aromatic carbocycles. The lowest BCUT2D eigenvalue weighted by Crippen LogP contribution is -2.25. The van der Waals surface area contributed by atoms with Crippen LogP contribution >= 0.6 is 11.3 Å². The molecule has 1 aliphatic rings. The second kappa shape index (κ2) is 7.20. The summed E-state index contributed by atoms with van der Waals surface area (Å²) in [4.78, 5) is 27.8. The second-order valence-electron chi connectivity index (χ2n) is 3.73. The summed E-state index contributed by atoms with van der Waals surface area (Å²) in [5, 5.41) is 11.5. The van der Waals surface area contributed by atoms with Gasteiger partial charge in [-0.15, -0.1) is 24.2 Å². The molecule has 0 bridgehead atoms. The fourth-order valence-corrected chi connectivity index (χ4v) is 2.22. The molecule has 1 unspecified atom stereocenters. The number of carboxylic acids is 1. The van der Waals surface area contributed by atoms with Crippen LogP contribution in [-0.2, 0) is 16.1 Å². The van der Waals surface area contributed by atoms with E-state index in [1.807, 2.05) is 17.2 Å². The minimum absolute atomic E-state index is 0.0994. The van der Waals surface area contributed by atoms with Crippen molar-refractivity contribution in [3.63, 3.8) is 0 Å². The number of amides is 1. The van der Waals surface area contributed by atoms with Gasteiger partial charge in [0.15, 0.2) is 0 Å². The average molecular weight is 276 g/mol. The van der Waals surface area contributed by atoms with Crippen molar-refractivity contribution in [3.8, 4) is 24.7 Å². The van der Waals surface area contributed by atoms with Crippen molar-refractivity contribution in [2.75, 3.05) is 6.54 Å². The molecule has 1 saturated heterocycles. The SMILES string of the molecule is C#CC#C.O=C(O)C1CC(=O)N(Cc2nccs2)C1. The van der Waals surface area contributed by atoms with E-state index in [9.17, 15) is 9.59 Å². The zero-order chi connectivity index (χ0) is 14.3. The Morgan fingerprint density at radius 3 is 2.68 bits per heavy atom. The number of carbonyl (C=O) groups excluding carboxylic acids is 1. The Kier molecular flexibility index (Phi) is 5.59. The molecule has 19 heavy (non-hydrogen) atoms. The Hall–Kier alpha value is -2.31. The van der Waals surface area contributed by atoms with E-state index in [0.29, 0.717) is 13.1 Å². The second-order valence-corrected chi connectivity index (χ2v) is 4.71. The van der Waals surface area contributed by atoms with Crippen LogP contribution in [0, 0.1) is 30.6 Å². The fourth-order valence-electron chi connectivity index (χ4n) is 1.58. The van der Waals surface area contributed by atoms with Gasteiger partial charge in [-0.25, -0.2) is 4.98 Å². The average Bonchev–Trinajstić information content (AvgIpc) is 3.01. The Morgan fingerprint density at radius 1 is 1.58 bits per heavy atom. The van der Waals surface area contributed by atoms with E-state index in [4.69, 9.17) is 5.11 Å². The number of hydrogen-bond acceptors (Lipinski definition) is 4. The highest BCUT2D eigenvalue weighted by atomic mass is 32.1. The highest BCUT2D eigenvalue weighted by Crippen LogP contribution is 2.20. The van der Waals surface area contributed by atoms with Crippen LogP contribution in [0.5, 0.6) is 0 Å². The van der Waals surface area contributed by atoms with Gasteiger partial charge in [-0.05, 0) is 11.8 Å². The number of terminal acetylenes is 2. The van der Waals surface area contributed by atoms with Gasteiger partial charge in [-0.3, -0.25) is 9.59 Å². The number of aromatic nitrogens is 1. The van der Waals surface area contributed by atoms with Gasteiger partial charge in [0.25, 0.3) is 0 Å². The van der Waals surface area contributed by atoms with E-state index < -0.39 is 11.9 Å². The number of hydrogen-bond donors (Lipinski definition) is 1. The molecule has 98 valence electrons. The Labute approximate surface area is 115 Å². The first-order chi connectivity index (χ1) is 9.08. The van der Waals surface area contributed by atoms with Gasteiger partial charge in [0.2, 0.25) is 5.91 Å². The lowest BCUT2D eigenvalue weighted by Gasteiger charge is -2.13. The van der Waals surface area contributed by atoms with Crippen molar-refractivity contribution in [1.82, 2.24) is 9.88 Å². The summed E-state index contributed by atoms with van der Waals surface area (Å²) in [6.07, 6.45) is 10.9. The van der Waals surface area contributed by atoms with E-state index in [1.165, 1.54) is 11.3 Å². The number of aliphatic carboxylic acids is 1. The third-order valence-corrected chi connectivity index (χ3v) is 3.22. The van der Waals surface area contributed by atoms with Gasteiger partial charge < -0.3 is 10.0 Å². The third kappa shape index (κ3) is 4.46. The zero-order valence-corrected chi connectivity index (χ0v) is 10.9. The van der Waals surface area contributed by atoms with Gasteiger partial charge in [-0.2, -0.15) is 0 Å². The van der Waals surface area contributed by atoms with Crippen molar-refractivity contribution in [3.05, 3.63) is 16.6 Å². The maximum absolute atomic E-state index is 11.5. The zero-order valence-electron chi connectivity index (χ0n) is 10.1. The fraction of sp³-hybridized carbons (Fsp3) is 0.308. The molecule has 1 N–H and O–H groups in total. The lowest BCUT2D eigenvalue weighted by atomic mass is 10.1. The van der Waals surface area contributed by atoms with Gasteiger partial charge in [0, 0.05) is 24.5 Å². The number of nitrogens with zero attached hydrogens (tertiary/aromatic N) is 2. The first kappa shape index (κ1) is 14.7. The highest BCUT2D eigenvalue weighted by Gasteiger charge is 2.34. The predicted octanol–water partition coefficient (Wildman–Crippen LogP) is 0.829. The summed E-state index contributed by atoms with van der Waals surface area (Å²) in [5.41, 5.74) is 0. The van der Waals surface area contributed by atoms with Crippen molar-refractivity contribution in [2.24, 2.45) is 5.92 Å². The van der Waals surface area contributed by atoms with E-state index >= 15 is 0 Å². The maximum atomic E-state index is 11.5. The molecule has 6 heteroatoms. The number of rotatable bonds is 3. The van der Waals surface area contributed by atoms with Crippen LogP contribution in [-0.4, -0.2) is 33.4 Å². The highest BCUT2D eigenvalue weighted by molar-refractivity contribution is 7.09. The number of likely N-dealkylation sites (tertiary alicyclic amines) is 1. The molecule has 5 nitrogen and oxygen atoms in total. The maximum Gasteiger partial charge on any atom is 0.308 e. The van der Waals surface area contributed by atoms with Gasteiger partial charge in [0.1, 0.15) is 5.01 Å². The number of thiazole rings is 1. The van der Waals surface area contributed by atoms with Gasteiger partial charge in [0.05, 0.1) is 12.5 Å². The van der Waals surface area contributed by atoms with E-state index in [2.05, 4.69) is 17.8 Å². The van der Waals surface area contributed by atoms with Gasteiger partial charge in [-0.1, -0.05) is 0 Å². The summed E-state index contributed by atoms with van der Waals surface area (Å²) in [6, 6.07) is 0. The molecule has 1 amide bonds. The molecular weight excluding hydrogens is 264 g/mol. The molecule has 0 radical (unpaired) electrons. The van der Waals surface area contributed by atoms with E-state index in [-0.39, 0.29) is 12.3 Å². The molecule has 1 aromatic heterocycles. The minimum Gasteiger partial charge on any atom is -0.481 e. The molecule has 0 spiro atoms. The Bertz CT molecular complexity index is 513. The lowest BCUT2D eigenvalue weighted by molar-refractivity contribution is -0.141. The molecular formula is C13H12N2O3S. The first-order valence-electron chi connectivity index (χ1n) is 5.38. The molecule has 1 aliphatic heterocycles. The van der Waals surface area contributed by atoms with Gasteiger partial charge >= 0.3 is 5.97 Å². The Morgan fingerprint density at radius 2 is 2.26 bits per heavy atom. The molecule has 1 aromatic rings. The molecule has 1 fully saturated rings. The van der Waals surface area contributed by atoms with Crippen LogP contribution in [0.2, 0.25) is 0 Å². The topological polar surface area (TPSA) is 70.5 Å². The van der Waals surface area contributed by atoms with Crippen molar-refractivity contribution >= 4 is 23.2 Å². The summed E-state index contributed by atoms with van der Waals surface area (Å²) in [6.45, 7) is 0.730. The van der Waals surface area contributed by atoms with Crippen molar-refractivity contribution in [1.29, 1.82) is 0 Å². The normalized spacial score (nSPS) is 17.1. The summed E-state index contributed by atoms with van der Waals surface area (Å²) in [5.74, 6) is 2.36. The van der Waals surface area contributed by atoms with Crippen molar-refractivity contribution in [2.45, 2.75) is 13.0 Å². The molecule has 2 heterocycles. The number of carboxylic acid groups (broad SMARTS) is 1. The van der Waals surface area contributed by atoms with Crippen LogP contribution in [0.15, 0.2) is 11.6 Å². The largest absolute Gasteiger partial charge is 0.481 e. The third-order valence-electron chi connectivity index (χ3n) is 2.46. The smallest absolute Gasteiger partial charge is 0.308 e. The van der Waals surface area contributed by atoms with Crippen molar-refractivity contribution < 1.29 is 14.7 Å². The van der Waals surface area contributed by atoms with Crippen LogP contribution in [0.1, 0.15) is 11.4 Å². The van der Waals surface area contributed by atoms with Crippen LogP contribution in [0.4, 0.5) is 0 Å². The molecule has 1 atom stereocenters. The van der Waals surface area contributed by atoms with Crippen LogP contribution in [0.25, 0.3) is 0 Å². The monoisotopic (exact) mass is 276 g/mol. The molecule has 2 rings (SSSR count). The summed E-state index contributed by atoms with van der Waals surface area (Å²) in [7, 11) is 0. The minimum atomic E-state index is -0.898. The summed E-state index contributed by atoms with van der Waals surface area (Å²) < 4.78 is 0. The molecule has 0 aliphatic carbocycles. The van der Waals surface area contributed by atoms with E-state index in [1.54, 1.807) is 11.1 Å². The quantitative estimate of drug-likeness (QED) is 0.830. The van der Waals surface area contributed by atoms with Crippen LogP contribution in [0.3, 0.4) is 0 Å². The standard InChI is InChI=1S/C9H10N2O3S.C4H2/c12-8-3-6(9(13)14)4-11(8)5-7-10-1-2-15-7;1-3-4-2/h1-2,6H,3-5H2,(H,13,14);1-2H.